The van der Waals surface area contributed by atoms with Crippen LogP contribution in [0.3, 0.4) is 0 Å². The quantitative estimate of drug-likeness (QED) is 0.616. The van der Waals surface area contributed by atoms with Crippen molar-refractivity contribution in [2.24, 2.45) is 16.6 Å². The molecule has 5 heteroatoms. The molecule has 2 aromatic rings. The second-order valence-electron chi connectivity index (χ2n) is 7.24. The molecule has 2 aliphatic rings. The Hall–Kier alpha value is -2.56. The van der Waals surface area contributed by atoms with Crippen molar-refractivity contribution in [2.45, 2.75) is 45.1 Å². The van der Waals surface area contributed by atoms with Gasteiger partial charge in [-0.05, 0) is 67.2 Å². The zero-order valence-electron chi connectivity index (χ0n) is 15.1. The monoisotopic (exact) mass is 350 g/mol. The first kappa shape index (κ1) is 16.9. The molecule has 5 nitrogen and oxygen atoms in total. The van der Waals surface area contributed by atoms with Gasteiger partial charge >= 0.3 is 0 Å². The lowest BCUT2D eigenvalue weighted by molar-refractivity contribution is 0.288. The molecular formula is C21H26N4O. The van der Waals surface area contributed by atoms with Crippen molar-refractivity contribution in [3.63, 3.8) is 0 Å². The predicted molar refractivity (Wildman–Crippen MR) is 104 cm³/mol. The maximum atomic E-state index is 6.10. The summed E-state index contributed by atoms with van der Waals surface area (Å²) < 4.78 is 5.66. The van der Waals surface area contributed by atoms with Gasteiger partial charge in [0.25, 0.3) is 0 Å². The Bertz CT molecular complexity index is 781. The number of fused-ring (bicyclic) bond motifs is 1. The Labute approximate surface area is 154 Å². The zero-order chi connectivity index (χ0) is 17.8. The topological polar surface area (TPSA) is 72.5 Å². The first-order valence-corrected chi connectivity index (χ1v) is 9.53. The zero-order valence-corrected chi connectivity index (χ0v) is 15.1. The van der Waals surface area contributed by atoms with E-state index in [2.05, 4.69) is 33.5 Å². The van der Waals surface area contributed by atoms with Gasteiger partial charge in [0, 0.05) is 18.0 Å². The van der Waals surface area contributed by atoms with Gasteiger partial charge in [0.15, 0.2) is 5.96 Å². The highest BCUT2D eigenvalue weighted by Crippen LogP contribution is 2.29. The molecular weight excluding hydrogens is 324 g/mol. The molecule has 26 heavy (non-hydrogen) atoms. The number of rotatable bonds is 6. The Morgan fingerprint density at radius 3 is 2.88 bits per heavy atom. The fraction of sp³-hybridized carbons (Fsp3) is 0.429. The van der Waals surface area contributed by atoms with Crippen LogP contribution in [0.4, 0.5) is 5.69 Å². The van der Waals surface area contributed by atoms with Crippen LogP contribution in [0.2, 0.25) is 0 Å². The Kier molecular flexibility index (Phi) is 5.04. The average molecular weight is 350 g/mol. The molecule has 0 bridgehead atoms. The van der Waals surface area contributed by atoms with Crippen LogP contribution in [0.15, 0.2) is 41.5 Å². The fourth-order valence-electron chi connectivity index (χ4n) is 3.33. The number of nitrogens with two attached hydrogens (primary N) is 1. The fourth-order valence-corrected chi connectivity index (χ4v) is 3.33. The highest BCUT2D eigenvalue weighted by Gasteiger charge is 2.22. The van der Waals surface area contributed by atoms with Crippen molar-refractivity contribution in [1.82, 2.24) is 4.98 Å². The van der Waals surface area contributed by atoms with Gasteiger partial charge in [-0.25, -0.2) is 9.98 Å². The van der Waals surface area contributed by atoms with Crippen LogP contribution in [-0.4, -0.2) is 17.6 Å². The number of nitrogens with one attached hydrogen (secondary N) is 1. The molecule has 3 N–H and O–H groups in total. The number of guanidine groups is 1. The van der Waals surface area contributed by atoms with Crippen molar-refractivity contribution < 1.29 is 4.74 Å². The summed E-state index contributed by atoms with van der Waals surface area (Å²) in [5.41, 5.74) is 11.0. The van der Waals surface area contributed by atoms with Crippen LogP contribution < -0.4 is 15.8 Å². The molecule has 0 amide bonds. The average Bonchev–Trinajstić information content (AvgIpc) is 3.50. The van der Waals surface area contributed by atoms with E-state index in [1.54, 1.807) is 0 Å². The summed E-state index contributed by atoms with van der Waals surface area (Å²) in [6, 6.07) is 10.3. The summed E-state index contributed by atoms with van der Waals surface area (Å²) >= 11 is 0. The van der Waals surface area contributed by atoms with Crippen molar-refractivity contribution in [2.75, 3.05) is 11.9 Å². The van der Waals surface area contributed by atoms with Crippen molar-refractivity contribution in [3.8, 4) is 5.88 Å². The molecule has 1 aromatic carbocycles. The van der Waals surface area contributed by atoms with E-state index in [1.807, 2.05) is 18.3 Å². The minimum absolute atomic E-state index is 0.443. The smallest absolute Gasteiger partial charge is 0.213 e. The molecule has 1 fully saturated rings. The van der Waals surface area contributed by atoms with Gasteiger partial charge in [-0.3, -0.25) is 0 Å². The number of anilines is 1. The first-order valence-electron chi connectivity index (χ1n) is 9.53. The normalized spacial score (nSPS) is 16.8. The van der Waals surface area contributed by atoms with E-state index in [0.29, 0.717) is 18.4 Å². The summed E-state index contributed by atoms with van der Waals surface area (Å²) in [5.74, 6) is 1.86. The summed E-state index contributed by atoms with van der Waals surface area (Å²) in [7, 11) is 0. The number of hydrogen-bond donors (Lipinski definition) is 2. The van der Waals surface area contributed by atoms with Crippen LogP contribution in [-0.2, 0) is 19.4 Å². The van der Waals surface area contributed by atoms with Crippen molar-refractivity contribution in [3.05, 3.63) is 53.2 Å². The second kappa shape index (κ2) is 7.77. The number of aromatic nitrogens is 1. The van der Waals surface area contributed by atoms with Crippen molar-refractivity contribution in [1.29, 1.82) is 0 Å². The maximum Gasteiger partial charge on any atom is 0.213 e. The molecule has 0 saturated heterocycles. The van der Waals surface area contributed by atoms with E-state index in [9.17, 15) is 0 Å². The lowest BCUT2D eigenvalue weighted by atomic mass is 9.90. The number of aryl methyl sites for hydroxylation is 1. The molecule has 1 saturated carbocycles. The summed E-state index contributed by atoms with van der Waals surface area (Å²) in [6.07, 6.45) is 9.15. The summed E-state index contributed by atoms with van der Waals surface area (Å²) in [5, 5.41) is 3.27. The van der Waals surface area contributed by atoms with Crippen LogP contribution in [0.25, 0.3) is 0 Å². The van der Waals surface area contributed by atoms with Gasteiger partial charge in [0.2, 0.25) is 5.88 Å². The van der Waals surface area contributed by atoms with Gasteiger partial charge in [-0.2, -0.15) is 0 Å². The number of pyridine rings is 1. The van der Waals surface area contributed by atoms with Crippen LogP contribution in [0, 0.1) is 5.92 Å². The third-order valence-corrected chi connectivity index (χ3v) is 5.05. The molecule has 1 aromatic heterocycles. The SMILES string of the molecule is NC(=NCc1ccc(OCC2CC2)nc1)Nc1cccc2c1CCCC2. The Morgan fingerprint density at radius 2 is 2.08 bits per heavy atom. The number of benzene rings is 1. The third kappa shape index (κ3) is 4.34. The third-order valence-electron chi connectivity index (χ3n) is 5.05. The van der Waals surface area contributed by atoms with Gasteiger partial charge < -0.3 is 15.8 Å². The molecule has 2 aliphatic carbocycles. The molecule has 4 rings (SSSR count). The van der Waals surface area contributed by atoms with E-state index < -0.39 is 0 Å². The van der Waals surface area contributed by atoms with E-state index in [4.69, 9.17) is 10.5 Å². The maximum absolute atomic E-state index is 6.10. The van der Waals surface area contributed by atoms with Gasteiger partial charge in [-0.15, -0.1) is 0 Å². The van der Waals surface area contributed by atoms with Crippen LogP contribution in [0.5, 0.6) is 5.88 Å². The number of aliphatic imine (C=N–C) groups is 1. The second-order valence-corrected chi connectivity index (χ2v) is 7.24. The van der Waals surface area contributed by atoms with Crippen LogP contribution >= 0.6 is 0 Å². The van der Waals surface area contributed by atoms with Gasteiger partial charge in [-0.1, -0.05) is 18.2 Å². The largest absolute Gasteiger partial charge is 0.477 e. The molecule has 0 radical (unpaired) electrons. The Morgan fingerprint density at radius 1 is 1.19 bits per heavy atom. The number of hydrogen-bond acceptors (Lipinski definition) is 3. The lowest BCUT2D eigenvalue weighted by Gasteiger charge is -2.19. The van der Waals surface area contributed by atoms with E-state index in [0.717, 1.165) is 36.6 Å². The molecule has 0 spiro atoms. The Balaban J connectivity index is 1.34. The summed E-state index contributed by atoms with van der Waals surface area (Å²) in [4.78, 5) is 8.80. The molecule has 1 heterocycles. The molecule has 0 aliphatic heterocycles. The minimum Gasteiger partial charge on any atom is -0.477 e. The lowest BCUT2D eigenvalue weighted by Crippen LogP contribution is -2.24. The molecule has 0 atom stereocenters. The van der Waals surface area contributed by atoms with E-state index >= 15 is 0 Å². The van der Waals surface area contributed by atoms with E-state index in [-0.39, 0.29) is 0 Å². The first-order chi connectivity index (χ1) is 12.8. The standard InChI is InChI=1S/C21H26N4O/c22-21(25-19-7-3-5-17-4-1-2-6-18(17)19)24-13-16-10-11-20(23-12-16)26-14-15-8-9-15/h3,5,7,10-12,15H,1-2,4,6,8-9,13-14H2,(H3,22,24,25). The highest BCUT2D eigenvalue weighted by atomic mass is 16.5. The summed E-state index contributed by atoms with van der Waals surface area (Å²) in [6.45, 7) is 1.28. The molecule has 0 unspecified atom stereocenters. The number of nitrogens with zero attached hydrogens (tertiary/aromatic N) is 2. The van der Waals surface area contributed by atoms with Crippen molar-refractivity contribution >= 4 is 11.6 Å². The number of ether oxygens (including phenoxy) is 1. The molecule has 136 valence electrons. The predicted octanol–water partition coefficient (Wildman–Crippen LogP) is 3.68. The van der Waals surface area contributed by atoms with Gasteiger partial charge in [0.1, 0.15) is 0 Å². The highest BCUT2D eigenvalue weighted by molar-refractivity contribution is 5.93. The minimum atomic E-state index is 0.443. The van der Waals surface area contributed by atoms with Crippen LogP contribution in [0.1, 0.15) is 42.4 Å². The van der Waals surface area contributed by atoms with E-state index in [1.165, 1.54) is 36.8 Å². The van der Waals surface area contributed by atoms with Gasteiger partial charge in [0.05, 0.1) is 13.2 Å².